The number of nitrogens with zero attached hydrogens (tertiary/aromatic N) is 2. The minimum Gasteiger partial charge on any atom is -0.454 e. The third kappa shape index (κ3) is 5.61. The molecule has 2 unspecified atom stereocenters. The molecule has 3 aromatic carbocycles. The van der Waals surface area contributed by atoms with Gasteiger partial charge in [-0.25, -0.2) is 9.78 Å². The molecule has 2 fully saturated rings. The van der Waals surface area contributed by atoms with Gasteiger partial charge in [0.1, 0.15) is 0 Å². The van der Waals surface area contributed by atoms with E-state index in [-0.39, 0.29) is 35.0 Å². The SMILES string of the molecule is CCc1cc(Br)cc2c(C(=O)OCC(=O)c3ccc(Cl)cc3)cc(-c3ccc(N4C(=O)C5CCCCC5C4=O)cc3)nc12. The predicted molar refractivity (Wildman–Crippen MR) is 168 cm³/mol. The lowest BCUT2D eigenvalue weighted by Gasteiger charge is -2.19. The Labute approximate surface area is 262 Å². The minimum absolute atomic E-state index is 0.123. The second-order valence-corrected chi connectivity index (χ2v) is 12.3. The van der Waals surface area contributed by atoms with Gasteiger partial charge in [0.15, 0.2) is 12.4 Å². The van der Waals surface area contributed by atoms with Gasteiger partial charge in [-0.2, -0.15) is 0 Å². The van der Waals surface area contributed by atoms with Crippen molar-refractivity contribution in [3.8, 4) is 11.3 Å². The summed E-state index contributed by atoms with van der Waals surface area (Å²) in [5, 5.41) is 1.11. The van der Waals surface area contributed by atoms with Gasteiger partial charge in [0.25, 0.3) is 0 Å². The molecule has 1 saturated carbocycles. The highest BCUT2D eigenvalue weighted by atomic mass is 79.9. The Morgan fingerprint density at radius 2 is 1.60 bits per heavy atom. The van der Waals surface area contributed by atoms with Crippen molar-refractivity contribution in [1.29, 1.82) is 0 Å². The van der Waals surface area contributed by atoms with Crippen LogP contribution >= 0.6 is 27.5 Å². The fourth-order valence-corrected chi connectivity index (χ4v) is 6.70. The lowest BCUT2D eigenvalue weighted by Crippen LogP contribution is -2.30. The molecule has 43 heavy (non-hydrogen) atoms. The first-order valence-corrected chi connectivity index (χ1v) is 15.5. The van der Waals surface area contributed by atoms with Crippen molar-refractivity contribution in [2.24, 2.45) is 11.8 Å². The summed E-state index contributed by atoms with van der Waals surface area (Å²) in [6.45, 7) is 1.58. The number of hydrogen-bond donors (Lipinski definition) is 0. The van der Waals surface area contributed by atoms with Crippen LogP contribution in [0, 0.1) is 11.8 Å². The van der Waals surface area contributed by atoms with Gasteiger partial charge in [-0.15, -0.1) is 0 Å². The third-order valence-corrected chi connectivity index (χ3v) is 9.03. The van der Waals surface area contributed by atoms with Crippen LogP contribution < -0.4 is 4.90 Å². The van der Waals surface area contributed by atoms with E-state index >= 15 is 0 Å². The fourth-order valence-electron chi connectivity index (χ4n) is 6.07. The molecule has 218 valence electrons. The monoisotopic (exact) mass is 658 g/mol. The van der Waals surface area contributed by atoms with E-state index in [0.29, 0.717) is 44.9 Å². The molecule has 7 nitrogen and oxygen atoms in total. The molecular weight excluding hydrogens is 632 g/mol. The fraction of sp³-hybridized carbons (Fsp3) is 0.265. The molecule has 0 radical (unpaired) electrons. The Morgan fingerprint density at radius 1 is 0.953 bits per heavy atom. The molecule has 1 aromatic heterocycles. The second kappa shape index (κ2) is 12.0. The number of aryl methyl sites for hydroxylation is 1. The molecule has 0 N–H and O–H groups in total. The molecule has 1 aliphatic carbocycles. The Hall–Kier alpha value is -3.88. The van der Waals surface area contributed by atoms with Crippen LogP contribution in [0.25, 0.3) is 22.2 Å². The van der Waals surface area contributed by atoms with Gasteiger partial charge in [-0.1, -0.05) is 59.4 Å². The maximum Gasteiger partial charge on any atom is 0.339 e. The van der Waals surface area contributed by atoms with Gasteiger partial charge < -0.3 is 4.74 Å². The number of amides is 2. The maximum atomic E-state index is 13.4. The number of aromatic nitrogens is 1. The van der Waals surface area contributed by atoms with E-state index in [4.69, 9.17) is 21.3 Å². The molecule has 2 atom stereocenters. The number of ketones is 1. The van der Waals surface area contributed by atoms with Crippen molar-refractivity contribution in [3.05, 3.63) is 92.9 Å². The number of carbonyl (C=O) groups is 4. The van der Waals surface area contributed by atoms with Crippen LogP contribution in [-0.2, 0) is 20.7 Å². The highest BCUT2D eigenvalue weighted by molar-refractivity contribution is 9.10. The highest BCUT2D eigenvalue weighted by Gasteiger charge is 2.48. The van der Waals surface area contributed by atoms with Gasteiger partial charge in [0.05, 0.1) is 34.3 Å². The summed E-state index contributed by atoms with van der Waals surface area (Å²) >= 11 is 9.46. The number of rotatable bonds is 7. The number of pyridine rings is 1. The summed E-state index contributed by atoms with van der Waals surface area (Å²) < 4.78 is 6.29. The van der Waals surface area contributed by atoms with Crippen LogP contribution in [0.3, 0.4) is 0 Å². The molecule has 2 amide bonds. The molecule has 2 heterocycles. The summed E-state index contributed by atoms with van der Waals surface area (Å²) in [4.78, 5) is 58.5. The van der Waals surface area contributed by atoms with E-state index in [1.165, 1.54) is 4.90 Å². The number of ether oxygens (including phenoxy) is 1. The lowest BCUT2D eigenvalue weighted by molar-refractivity contribution is -0.122. The standard InChI is InChI=1S/C34H28BrClN2O5/c1-2-19-15-22(35)16-27-28(34(42)43-18-30(39)21-7-11-23(36)12-8-21)17-29(37-31(19)27)20-9-13-24(14-10-20)38-32(40)25-5-3-4-6-26(25)33(38)41/h7-17,25-26H,2-6,18H2,1H3. The quantitative estimate of drug-likeness (QED) is 0.115. The molecule has 0 spiro atoms. The van der Waals surface area contributed by atoms with Crippen molar-refractivity contribution in [2.75, 3.05) is 11.5 Å². The average Bonchev–Trinajstić information content (AvgIpc) is 3.28. The zero-order valence-electron chi connectivity index (χ0n) is 23.4. The number of Topliss-reactive ketones (excluding diaryl/α,β-unsaturated/α-hetero) is 1. The predicted octanol–water partition coefficient (Wildman–Crippen LogP) is 7.60. The topological polar surface area (TPSA) is 93.6 Å². The zero-order chi connectivity index (χ0) is 30.2. The number of hydrogen-bond acceptors (Lipinski definition) is 6. The smallest absolute Gasteiger partial charge is 0.339 e. The van der Waals surface area contributed by atoms with Crippen molar-refractivity contribution >= 4 is 67.7 Å². The number of imide groups is 1. The third-order valence-electron chi connectivity index (χ3n) is 8.32. The Kier molecular flexibility index (Phi) is 8.16. The largest absolute Gasteiger partial charge is 0.454 e. The molecule has 9 heteroatoms. The molecule has 1 aliphatic heterocycles. The van der Waals surface area contributed by atoms with E-state index in [1.807, 2.05) is 19.1 Å². The summed E-state index contributed by atoms with van der Waals surface area (Å²) in [5.41, 5.74) is 4.02. The molecule has 1 saturated heterocycles. The molecule has 4 aromatic rings. The number of halogens is 2. The van der Waals surface area contributed by atoms with Gasteiger partial charge in [-0.05, 0) is 79.4 Å². The first-order valence-electron chi connectivity index (χ1n) is 14.3. The summed E-state index contributed by atoms with van der Waals surface area (Å²) in [6.07, 6.45) is 4.13. The maximum absolute atomic E-state index is 13.4. The molecule has 6 rings (SSSR count). The first-order chi connectivity index (χ1) is 20.7. The Balaban J connectivity index is 1.32. The number of fused-ring (bicyclic) bond motifs is 2. The van der Waals surface area contributed by atoms with Gasteiger partial charge >= 0.3 is 5.97 Å². The van der Waals surface area contributed by atoms with Crippen molar-refractivity contribution in [1.82, 2.24) is 4.98 Å². The first kappa shape index (κ1) is 29.2. The minimum atomic E-state index is -0.649. The van der Waals surface area contributed by atoms with E-state index in [1.54, 1.807) is 54.6 Å². The Bertz CT molecular complexity index is 1750. The van der Waals surface area contributed by atoms with Crippen LogP contribution in [0.2, 0.25) is 5.02 Å². The van der Waals surface area contributed by atoms with Gasteiger partial charge in [0, 0.05) is 26.0 Å². The highest BCUT2D eigenvalue weighted by Crippen LogP contribution is 2.40. The summed E-state index contributed by atoms with van der Waals surface area (Å²) in [5.74, 6) is -1.70. The zero-order valence-corrected chi connectivity index (χ0v) is 25.8. The van der Waals surface area contributed by atoms with Gasteiger partial charge in [0.2, 0.25) is 11.8 Å². The van der Waals surface area contributed by atoms with E-state index in [9.17, 15) is 19.2 Å². The van der Waals surface area contributed by atoms with Crippen LogP contribution in [0.4, 0.5) is 5.69 Å². The van der Waals surface area contributed by atoms with E-state index in [2.05, 4.69) is 15.9 Å². The van der Waals surface area contributed by atoms with E-state index < -0.39 is 12.6 Å². The molecular formula is C34H28BrClN2O5. The number of anilines is 1. The average molecular weight is 660 g/mol. The van der Waals surface area contributed by atoms with Crippen LogP contribution in [0.15, 0.2) is 71.2 Å². The number of esters is 1. The summed E-state index contributed by atoms with van der Waals surface area (Å²) in [6, 6.07) is 18.9. The van der Waals surface area contributed by atoms with Crippen LogP contribution in [-0.4, -0.2) is 35.2 Å². The van der Waals surface area contributed by atoms with Crippen LogP contribution in [0.1, 0.15) is 58.9 Å². The molecule has 0 bridgehead atoms. The molecule has 2 aliphatic rings. The van der Waals surface area contributed by atoms with Crippen molar-refractivity contribution < 1.29 is 23.9 Å². The summed E-state index contributed by atoms with van der Waals surface area (Å²) in [7, 11) is 0. The second-order valence-electron chi connectivity index (χ2n) is 10.9. The lowest BCUT2D eigenvalue weighted by atomic mass is 9.81. The van der Waals surface area contributed by atoms with Gasteiger partial charge in [-0.3, -0.25) is 19.3 Å². The van der Waals surface area contributed by atoms with E-state index in [0.717, 1.165) is 35.7 Å². The number of benzene rings is 3. The van der Waals surface area contributed by atoms with Crippen molar-refractivity contribution in [2.45, 2.75) is 39.0 Å². The Morgan fingerprint density at radius 3 is 2.23 bits per heavy atom. The van der Waals surface area contributed by atoms with Crippen molar-refractivity contribution in [3.63, 3.8) is 0 Å². The normalized spacial score (nSPS) is 18.2. The van der Waals surface area contributed by atoms with Crippen LogP contribution in [0.5, 0.6) is 0 Å². The number of carbonyl (C=O) groups excluding carboxylic acids is 4.